The van der Waals surface area contributed by atoms with Crippen molar-refractivity contribution in [2.24, 2.45) is 0 Å². The maximum absolute atomic E-state index is 9.37. The summed E-state index contributed by atoms with van der Waals surface area (Å²) in [6.45, 7) is 6.87. The number of hydrogen-bond acceptors (Lipinski definition) is 2. The highest BCUT2D eigenvalue weighted by Gasteiger charge is 2.15. The van der Waals surface area contributed by atoms with Crippen LogP contribution in [-0.2, 0) is 13.0 Å². The molecule has 0 radical (unpaired) electrons. The van der Waals surface area contributed by atoms with Crippen LogP contribution in [0.5, 0.6) is 0 Å². The molecular weight excluding hydrogens is 234 g/mol. The minimum atomic E-state index is -0.149. The fourth-order valence-corrected chi connectivity index (χ4v) is 2.50. The summed E-state index contributed by atoms with van der Waals surface area (Å²) in [5.74, 6) is -0.149. The Morgan fingerprint density at radius 1 is 1.26 bits per heavy atom. The van der Waals surface area contributed by atoms with Gasteiger partial charge in [0.1, 0.15) is 0 Å². The highest BCUT2D eigenvalue weighted by atomic mass is 15.3. The van der Waals surface area contributed by atoms with Gasteiger partial charge in [-0.15, -0.1) is 0 Å². The van der Waals surface area contributed by atoms with Gasteiger partial charge in [0.25, 0.3) is 0 Å². The van der Waals surface area contributed by atoms with E-state index in [2.05, 4.69) is 25.0 Å². The van der Waals surface area contributed by atoms with Gasteiger partial charge in [-0.3, -0.25) is 4.68 Å². The zero-order chi connectivity index (χ0) is 13.8. The molecule has 3 nitrogen and oxygen atoms in total. The monoisotopic (exact) mass is 253 g/mol. The third-order valence-electron chi connectivity index (χ3n) is 3.60. The summed E-state index contributed by atoms with van der Waals surface area (Å²) in [6.07, 6.45) is 0.986. The minimum Gasteiger partial charge on any atom is -0.268 e. The van der Waals surface area contributed by atoms with Crippen LogP contribution in [-0.4, -0.2) is 9.78 Å². The summed E-state index contributed by atoms with van der Waals surface area (Å²) in [5, 5.41) is 13.9. The van der Waals surface area contributed by atoms with Gasteiger partial charge in [0.05, 0.1) is 24.2 Å². The van der Waals surface area contributed by atoms with Crippen LogP contribution in [0.3, 0.4) is 0 Å². The highest BCUT2D eigenvalue weighted by Crippen LogP contribution is 2.20. The average Bonchev–Trinajstić information content (AvgIpc) is 2.71. The van der Waals surface area contributed by atoms with Crippen LogP contribution in [0.1, 0.15) is 35.4 Å². The van der Waals surface area contributed by atoms with Crippen molar-refractivity contribution in [3.63, 3.8) is 0 Å². The van der Waals surface area contributed by atoms with Gasteiger partial charge >= 0.3 is 0 Å². The van der Waals surface area contributed by atoms with Crippen LogP contribution in [0.2, 0.25) is 0 Å². The molecule has 98 valence electrons. The largest absolute Gasteiger partial charge is 0.268 e. The van der Waals surface area contributed by atoms with Crippen molar-refractivity contribution in [1.29, 1.82) is 5.26 Å². The minimum absolute atomic E-state index is 0.149. The van der Waals surface area contributed by atoms with Crippen LogP contribution >= 0.6 is 0 Å². The number of nitriles is 1. The second kappa shape index (κ2) is 5.71. The molecule has 1 atom stereocenters. The molecule has 0 amide bonds. The zero-order valence-electron chi connectivity index (χ0n) is 11.7. The Hall–Kier alpha value is -2.08. The topological polar surface area (TPSA) is 41.6 Å². The SMILES string of the molecule is CCc1c(C)nn(CC(C#N)c2ccccc2)c1C. The molecule has 0 N–H and O–H groups in total. The molecule has 19 heavy (non-hydrogen) atoms. The first-order valence-electron chi connectivity index (χ1n) is 6.64. The summed E-state index contributed by atoms with van der Waals surface area (Å²) in [6, 6.07) is 12.3. The Kier molecular flexibility index (Phi) is 4.01. The van der Waals surface area contributed by atoms with Gasteiger partial charge in [-0.2, -0.15) is 10.4 Å². The molecule has 1 heterocycles. The molecule has 0 saturated carbocycles. The number of rotatable bonds is 4. The fraction of sp³-hybridized carbons (Fsp3) is 0.375. The van der Waals surface area contributed by atoms with E-state index in [0.717, 1.165) is 17.7 Å². The van der Waals surface area contributed by atoms with Crippen molar-refractivity contribution in [2.45, 2.75) is 39.7 Å². The maximum atomic E-state index is 9.37. The molecule has 1 unspecified atom stereocenters. The first-order valence-corrected chi connectivity index (χ1v) is 6.64. The quantitative estimate of drug-likeness (QED) is 0.838. The smallest absolute Gasteiger partial charge is 0.0908 e. The van der Waals surface area contributed by atoms with E-state index in [4.69, 9.17) is 0 Å². The second-order valence-electron chi connectivity index (χ2n) is 4.78. The van der Waals surface area contributed by atoms with Gasteiger partial charge in [-0.25, -0.2) is 0 Å². The van der Waals surface area contributed by atoms with E-state index in [1.165, 1.54) is 11.3 Å². The lowest BCUT2D eigenvalue weighted by atomic mass is 10.0. The molecule has 3 heteroatoms. The number of hydrogen-bond donors (Lipinski definition) is 0. The van der Waals surface area contributed by atoms with Gasteiger partial charge in [-0.1, -0.05) is 37.3 Å². The fourth-order valence-electron chi connectivity index (χ4n) is 2.50. The Balaban J connectivity index is 2.28. The number of aromatic nitrogens is 2. The van der Waals surface area contributed by atoms with Crippen molar-refractivity contribution in [1.82, 2.24) is 9.78 Å². The lowest BCUT2D eigenvalue weighted by Gasteiger charge is -2.11. The number of benzene rings is 1. The molecule has 2 aromatic rings. The molecule has 0 fully saturated rings. The summed E-state index contributed by atoms with van der Waals surface area (Å²) < 4.78 is 1.97. The van der Waals surface area contributed by atoms with E-state index in [1.54, 1.807) is 0 Å². The molecule has 0 aliphatic heterocycles. The Morgan fingerprint density at radius 3 is 2.47 bits per heavy atom. The van der Waals surface area contributed by atoms with E-state index in [0.29, 0.717) is 6.54 Å². The van der Waals surface area contributed by atoms with Crippen LogP contribution < -0.4 is 0 Å². The van der Waals surface area contributed by atoms with Crippen LogP contribution in [0.25, 0.3) is 0 Å². The number of aryl methyl sites for hydroxylation is 1. The summed E-state index contributed by atoms with van der Waals surface area (Å²) in [4.78, 5) is 0. The lowest BCUT2D eigenvalue weighted by Crippen LogP contribution is -2.10. The van der Waals surface area contributed by atoms with Gasteiger partial charge in [-0.05, 0) is 31.4 Å². The average molecular weight is 253 g/mol. The molecule has 2 rings (SSSR count). The molecule has 0 saturated heterocycles. The van der Waals surface area contributed by atoms with Gasteiger partial charge in [0.15, 0.2) is 0 Å². The van der Waals surface area contributed by atoms with Crippen molar-refractivity contribution in [2.75, 3.05) is 0 Å². The second-order valence-corrected chi connectivity index (χ2v) is 4.78. The predicted molar refractivity (Wildman–Crippen MR) is 75.9 cm³/mol. The highest BCUT2D eigenvalue weighted by molar-refractivity contribution is 5.27. The van der Waals surface area contributed by atoms with Gasteiger partial charge < -0.3 is 0 Å². The molecule has 0 aliphatic carbocycles. The molecule has 0 aliphatic rings. The Labute approximate surface area is 114 Å². The predicted octanol–water partition coefficient (Wildman–Crippen LogP) is 3.37. The summed E-state index contributed by atoms with van der Waals surface area (Å²) >= 11 is 0. The number of nitrogens with zero attached hydrogens (tertiary/aromatic N) is 3. The molecule has 0 bridgehead atoms. The Bertz CT molecular complexity index is 590. The van der Waals surface area contributed by atoms with E-state index in [-0.39, 0.29) is 5.92 Å². The lowest BCUT2D eigenvalue weighted by molar-refractivity contribution is 0.561. The Morgan fingerprint density at radius 2 is 1.95 bits per heavy atom. The third-order valence-corrected chi connectivity index (χ3v) is 3.60. The molecule has 1 aromatic heterocycles. The first kappa shape index (κ1) is 13.4. The van der Waals surface area contributed by atoms with Gasteiger partial charge in [0.2, 0.25) is 0 Å². The van der Waals surface area contributed by atoms with E-state index < -0.39 is 0 Å². The van der Waals surface area contributed by atoms with E-state index >= 15 is 0 Å². The van der Waals surface area contributed by atoms with E-state index in [9.17, 15) is 5.26 Å². The first-order chi connectivity index (χ1) is 9.17. The van der Waals surface area contributed by atoms with Gasteiger partial charge in [0, 0.05) is 5.69 Å². The maximum Gasteiger partial charge on any atom is 0.0908 e. The standard InChI is InChI=1S/C16H19N3/c1-4-16-12(2)18-19(13(16)3)11-15(10-17)14-8-6-5-7-9-14/h5-9,15H,4,11H2,1-3H3. The molecular formula is C16H19N3. The summed E-state index contributed by atoms with van der Waals surface area (Å²) in [5.41, 5.74) is 4.60. The van der Waals surface area contributed by atoms with Crippen LogP contribution in [0.4, 0.5) is 0 Å². The van der Waals surface area contributed by atoms with Crippen molar-refractivity contribution >= 4 is 0 Å². The van der Waals surface area contributed by atoms with Crippen molar-refractivity contribution in [3.05, 3.63) is 52.8 Å². The van der Waals surface area contributed by atoms with Crippen LogP contribution in [0, 0.1) is 25.2 Å². The van der Waals surface area contributed by atoms with E-state index in [1.807, 2.05) is 41.9 Å². The third kappa shape index (κ3) is 2.68. The summed E-state index contributed by atoms with van der Waals surface area (Å²) in [7, 11) is 0. The van der Waals surface area contributed by atoms with Crippen LogP contribution in [0.15, 0.2) is 30.3 Å². The van der Waals surface area contributed by atoms with Crippen molar-refractivity contribution in [3.8, 4) is 6.07 Å². The normalized spacial score (nSPS) is 12.1. The molecule has 1 aromatic carbocycles. The molecule has 0 spiro atoms. The zero-order valence-corrected chi connectivity index (χ0v) is 11.7. The van der Waals surface area contributed by atoms with Crippen molar-refractivity contribution < 1.29 is 0 Å².